The standard InChI is InChI=1S/C63H76Cl3N5O22/c1-32-38(22-56(77)88-7)33(12-17-51(72)83-2)43(67-32)27-47-39(23-57(78)89-8)34(13-18-52(73)84-3)44(68-47)28-48-40(24-58(79)90-9)35(14-19-53(74)85-4)45(69-48)29-49-41(25-59(80)91-10)36(15-20-54(75)86-5)46(70-49)30-50-42(26-60(81)92-11)37(16-21-55(76)87-6)61(71-50)62(82)93-31-63(64,65)66/h68-71H,1,12-31H2,2-11H3. The molecular weight excluding hydrogens is 1290 g/mol. The summed E-state index contributed by atoms with van der Waals surface area (Å²) in [4.78, 5) is 163. The van der Waals surface area contributed by atoms with E-state index in [1.165, 1.54) is 64.0 Å². The average molecular weight is 1360 g/mol. The minimum Gasteiger partial charge on any atom is -0.469 e. The second-order valence-electron chi connectivity index (χ2n) is 21.1. The molecule has 0 saturated heterocycles. The molecule has 1 aliphatic rings. The second-order valence-corrected chi connectivity index (χ2v) is 23.6. The normalized spacial score (nSPS) is 12.0. The maximum absolute atomic E-state index is 13.9. The highest BCUT2D eigenvalue weighted by atomic mass is 35.6. The van der Waals surface area contributed by atoms with Crippen LogP contribution in [0.15, 0.2) is 28.4 Å². The third kappa shape index (κ3) is 20.9. The van der Waals surface area contributed by atoms with Crippen LogP contribution in [0.2, 0.25) is 0 Å². The van der Waals surface area contributed by atoms with Crippen LogP contribution in [0.25, 0.3) is 0 Å². The fraction of sp³-hybridized carbons (Fsp3) is 0.492. The van der Waals surface area contributed by atoms with Crippen molar-refractivity contribution in [1.29, 1.82) is 0 Å². The number of hydrogen-bond donors (Lipinski definition) is 4. The summed E-state index contributed by atoms with van der Waals surface area (Å²) < 4.78 is 54.1. The summed E-state index contributed by atoms with van der Waals surface area (Å²) in [5, 5.41) is 0. The number of nitrogens with zero attached hydrogens (tertiary/aromatic N) is 1. The second kappa shape index (κ2) is 35.4. The zero-order valence-electron chi connectivity index (χ0n) is 53.4. The molecule has 5 heterocycles. The maximum atomic E-state index is 13.9. The van der Waals surface area contributed by atoms with Crippen LogP contribution in [0.5, 0.6) is 0 Å². The van der Waals surface area contributed by atoms with Gasteiger partial charge in [0.25, 0.3) is 0 Å². The highest BCUT2D eigenvalue weighted by molar-refractivity contribution is 6.67. The van der Waals surface area contributed by atoms with Gasteiger partial charge < -0.3 is 72.0 Å². The molecule has 27 nitrogen and oxygen atoms in total. The number of carbonyl (C=O) groups excluding carboxylic acids is 11. The van der Waals surface area contributed by atoms with Crippen molar-refractivity contribution in [3.05, 3.63) is 113 Å². The van der Waals surface area contributed by atoms with Gasteiger partial charge in [0.1, 0.15) is 12.3 Å². The van der Waals surface area contributed by atoms with Crippen LogP contribution in [-0.2, 0) is 177 Å². The number of H-pyrrole nitrogens is 4. The predicted molar refractivity (Wildman–Crippen MR) is 332 cm³/mol. The van der Waals surface area contributed by atoms with Gasteiger partial charge in [-0.15, -0.1) is 0 Å². The maximum Gasteiger partial charge on any atom is 0.355 e. The number of rotatable bonds is 35. The SMILES string of the molecule is C=C1N=C(Cc2[nH]c(Cc3[nH]c(Cc4[nH]c(Cc5[nH]c(C(=O)OCC(Cl)(Cl)Cl)c(CCC(=O)OC)c5CC(=O)OC)c(CCC(=O)OC)c4CC(=O)OC)c(CCC(=O)OC)c3CC(=O)OC)c(CCC(=O)OC)c2CC(=O)OC)C(CCC(=O)OC)=C1CC(=O)OC. The first-order valence-corrected chi connectivity index (χ1v) is 30.1. The summed E-state index contributed by atoms with van der Waals surface area (Å²) in [6.07, 6.45) is -3.31. The monoisotopic (exact) mass is 1360 g/mol. The van der Waals surface area contributed by atoms with E-state index in [0.717, 1.165) is 7.11 Å². The van der Waals surface area contributed by atoms with Crippen molar-refractivity contribution >= 4 is 106 Å². The van der Waals surface area contributed by atoms with Gasteiger partial charge in [0.15, 0.2) is 0 Å². The smallest absolute Gasteiger partial charge is 0.355 e. The molecule has 0 spiro atoms. The lowest BCUT2D eigenvalue weighted by atomic mass is 9.92. The Morgan fingerprint density at radius 3 is 0.968 bits per heavy atom. The molecule has 0 aromatic carbocycles. The van der Waals surface area contributed by atoms with Crippen molar-refractivity contribution in [2.45, 2.75) is 126 Å². The number of hydrogen-bond acceptors (Lipinski definition) is 23. The van der Waals surface area contributed by atoms with Crippen LogP contribution in [0.1, 0.15) is 140 Å². The van der Waals surface area contributed by atoms with Gasteiger partial charge >= 0.3 is 65.7 Å². The van der Waals surface area contributed by atoms with Gasteiger partial charge in [-0.2, -0.15) is 0 Å². The van der Waals surface area contributed by atoms with E-state index < -0.39 is 88.9 Å². The van der Waals surface area contributed by atoms with Crippen molar-refractivity contribution in [3.63, 3.8) is 0 Å². The minimum absolute atomic E-state index is 0.000794. The highest BCUT2D eigenvalue weighted by Gasteiger charge is 2.34. The zero-order valence-corrected chi connectivity index (χ0v) is 55.7. The van der Waals surface area contributed by atoms with E-state index >= 15 is 0 Å². The van der Waals surface area contributed by atoms with Crippen LogP contribution in [0.3, 0.4) is 0 Å². The van der Waals surface area contributed by atoms with E-state index in [2.05, 4.69) is 26.5 Å². The fourth-order valence-corrected chi connectivity index (χ4v) is 11.1. The molecule has 0 atom stereocenters. The van der Waals surface area contributed by atoms with E-state index in [9.17, 15) is 52.7 Å². The van der Waals surface area contributed by atoms with E-state index in [4.69, 9.17) is 91.9 Å². The predicted octanol–water partition coefficient (Wildman–Crippen LogP) is 5.91. The largest absolute Gasteiger partial charge is 0.469 e. The molecule has 506 valence electrons. The van der Waals surface area contributed by atoms with Crippen molar-refractivity contribution in [2.24, 2.45) is 4.99 Å². The van der Waals surface area contributed by atoms with Gasteiger partial charge in [-0.25, -0.2) is 4.79 Å². The summed E-state index contributed by atoms with van der Waals surface area (Å²) in [7, 11) is 12.0. The van der Waals surface area contributed by atoms with Gasteiger partial charge in [-0.1, -0.05) is 41.4 Å². The number of nitrogens with one attached hydrogen (secondary N) is 4. The minimum atomic E-state index is -2.04. The molecule has 0 bridgehead atoms. The van der Waals surface area contributed by atoms with Gasteiger partial charge in [0.2, 0.25) is 3.79 Å². The Morgan fingerprint density at radius 2 is 0.634 bits per heavy atom. The lowest BCUT2D eigenvalue weighted by Gasteiger charge is -2.12. The summed E-state index contributed by atoms with van der Waals surface area (Å²) >= 11 is 17.9. The lowest BCUT2D eigenvalue weighted by Crippen LogP contribution is -2.19. The van der Waals surface area contributed by atoms with E-state index in [0.29, 0.717) is 84.4 Å². The summed E-state index contributed by atoms with van der Waals surface area (Å²) in [6.45, 7) is 3.39. The van der Waals surface area contributed by atoms with Gasteiger partial charge in [-0.3, -0.25) is 52.9 Å². The van der Waals surface area contributed by atoms with Crippen molar-refractivity contribution in [3.8, 4) is 0 Å². The molecule has 93 heavy (non-hydrogen) atoms. The fourth-order valence-electron chi connectivity index (χ4n) is 10.9. The Labute approximate surface area is 550 Å². The summed E-state index contributed by atoms with van der Waals surface area (Å²) in [6, 6.07) is 0. The third-order valence-electron chi connectivity index (χ3n) is 15.6. The quantitative estimate of drug-likeness (QED) is 0.0236. The Balaban J connectivity index is 1.85. The highest BCUT2D eigenvalue weighted by Crippen LogP contribution is 2.37. The molecule has 0 fully saturated rings. The van der Waals surface area contributed by atoms with Crippen molar-refractivity contribution in [2.75, 3.05) is 77.7 Å². The van der Waals surface area contributed by atoms with Crippen molar-refractivity contribution in [1.82, 2.24) is 19.9 Å². The Kier molecular flexibility index (Phi) is 28.5. The Morgan fingerprint density at radius 1 is 0.355 bits per heavy atom. The number of methoxy groups -OCH3 is 10. The molecule has 0 saturated carbocycles. The van der Waals surface area contributed by atoms with Gasteiger partial charge in [0.05, 0.1) is 115 Å². The topological polar surface area (TPSA) is 365 Å². The molecule has 4 N–H and O–H groups in total. The number of allylic oxidation sites excluding steroid dienone is 2. The lowest BCUT2D eigenvalue weighted by molar-refractivity contribution is -0.141. The molecule has 0 unspecified atom stereocenters. The van der Waals surface area contributed by atoms with Crippen LogP contribution >= 0.6 is 34.8 Å². The third-order valence-corrected chi connectivity index (χ3v) is 15.9. The number of carbonyl (C=O) groups is 11. The van der Waals surface area contributed by atoms with Crippen LogP contribution in [-0.4, -0.2) is 173 Å². The molecule has 0 amide bonds. The van der Waals surface area contributed by atoms with Crippen LogP contribution in [0, 0.1) is 0 Å². The molecular formula is C63H76Cl3N5O22. The first kappa shape index (κ1) is 75.0. The first-order chi connectivity index (χ1) is 44.2. The number of esters is 11. The Hall–Kier alpha value is -8.69. The molecule has 1 aliphatic heterocycles. The number of halogens is 3. The molecule has 4 aromatic heterocycles. The molecule has 5 rings (SSSR count). The molecule has 0 radical (unpaired) electrons. The summed E-state index contributed by atoms with van der Waals surface area (Å²) in [5.41, 5.74) is 6.83. The number of alkyl halides is 3. The average Bonchev–Trinajstić information content (AvgIpc) is 1.64. The summed E-state index contributed by atoms with van der Waals surface area (Å²) in [5.74, 6) is -7.40. The van der Waals surface area contributed by atoms with Crippen LogP contribution in [0.4, 0.5) is 0 Å². The number of aromatic nitrogens is 4. The molecule has 0 aliphatic carbocycles. The van der Waals surface area contributed by atoms with Gasteiger partial charge in [-0.05, 0) is 87.8 Å². The van der Waals surface area contributed by atoms with Crippen molar-refractivity contribution < 1.29 is 105 Å². The van der Waals surface area contributed by atoms with Gasteiger partial charge in [0, 0.05) is 97.6 Å². The number of ether oxygens (including phenoxy) is 11. The molecule has 4 aromatic rings. The van der Waals surface area contributed by atoms with E-state index in [-0.39, 0.29) is 137 Å². The van der Waals surface area contributed by atoms with E-state index in [1.54, 1.807) is 0 Å². The van der Waals surface area contributed by atoms with E-state index in [1.807, 2.05) is 0 Å². The first-order valence-electron chi connectivity index (χ1n) is 29.0. The molecule has 30 heteroatoms. The number of aromatic amines is 4. The number of aliphatic imine (C=N–C) groups is 1. The van der Waals surface area contributed by atoms with Crippen LogP contribution < -0.4 is 0 Å². The Bertz CT molecular complexity index is 3560. The zero-order chi connectivity index (χ0) is 68.9.